The summed E-state index contributed by atoms with van der Waals surface area (Å²) < 4.78 is 0. The summed E-state index contributed by atoms with van der Waals surface area (Å²) in [4.78, 5) is 10.4. The van der Waals surface area contributed by atoms with Gasteiger partial charge in [0, 0.05) is 16.5 Å². The van der Waals surface area contributed by atoms with Crippen LogP contribution in [0, 0.1) is 6.92 Å². The third-order valence-electron chi connectivity index (χ3n) is 1.65. The van der Waals surface area contributed by atoms with Crippen LogP contribution in [-0.4, -0.2) is 6.29 Å². The molecule has 0 aliphatic rings. The van der Waals surface area contributed by atoms with Crippen molar-refractivity contribution in [2.24, 2.45) is 0 Å². The predicted octanol–water partition coefficient (Wildman–Crippen LogP) is 2.85. The largest absolute Gasteiger partial charge is 0.285 e. The average molecular weight is 202 g/mol. The highest BCUT2D eigenvalue weighted by Crippen LogP contribution is 2.21. The Morgan fingerprint density at radius 3 is 2.67 bits per heavy atom. The van der Waals surface area contributed by atoms with Crippen molar-refractivity contribution in [2.45, 2.75) is 12.8 Å². The van der Waals surface area contributed by atoms with Gasteiger partial charge in [-0.05, 0) is 24.1 Å². The van der Waals surface area contributed by atoms with Crippen LogP contribution >= 0.6 is 23.2 Å². The highest BCUT2D eigenvalue weighted by atomic mass is 35.5. The van der Waals surface area contributed by atoms with E-state index in [2.05, 4.69) is 0 Å². The fraction of sp³-hybridized carbons (Fsp3) is 0.222. The lowest BCUT2D eigenvalue weighted by Crippen LogP contribution is -1.90. The molecule has 0 heterocycles. The van der Waals surface area contributed by atoms with Gasteiger partial charge in [-0.15, -0.1) is 11.6 Å². The van der Waals surface area contributed by atoms with Gasteiger partial charge in [0.25, 0.3) is 0 Å². The Kier molecular flexibility index (Phi) is 3.12. The number of alkyl halides is 1. The summed E-state index contributed by atoms with van der Waals surface area (Å²) in [6.45, 7) is 1.83. The number of carbonyl (C=O) groups excluding carboxylic acids is 1. The Bertz CT molecular complexity index is 308. The van der Waals surface area contributed by atoms with Crippen LogP contribution in [0.25, 0.3) is 0 Å². The summed E-state index contributed by atoms with van der Waals surface area (Å²) in [7, 11) is 0. The molecule has 12 heavy (non-hydrogen) atoms. The lowest BCUT2D eigenvalue weighted by atomic mass is 10.1. The van der Waals surface area contributed by atoms with Crippen LogP contribution in [0.3, 0.4) is 0 Å². The van der Waals surface area contributed by atoms with Gasteiger partial charge in [-0.1, -0.05) is 17.7 Å². The molecule has 0 amide bonds. The molecule has 0 spiro atoms. The van der Waals surface area contributed by atoms with Crippen molar-refractivity contribution < 1.29 is 4.79 Å². The molecule has 0 unspecified atom stereocenters. The van der Waals surface area contributed by atoms with Crippen LogP contribution in [0.1, 0.15) is 16.7 Å². The Morgan fingerprint density at radius 1 is 1.50 bits per heavy atom. The van der Waals surface area contributed by atoms with Gasteiger partial charge in [-0.25, -0.2) is 0 Å². The molecule has 0 bridgehead atoms. The smallest absolute Gasteiger partial charge is 0.233 e. The van der Waals surface area contributed by atoms with Gasteiger partial charge in [0.05, 0.1) is 0 Å². The molecule has 3 heteroatoms. The van der Waals surface area contributed by atoms with Gasteiger partial charge < -0.3 is 0 Å². The minimum atomic E-state index is 0.360. The second-order valence-corrected chi connectivity index (χ2v) is 3.17. The summed E-state index contributed by atoms with van der Waals surface area (Å²) in [5.74, 6) is 0.360. The zero-order valence-electron chi connectivity index (χ0n) is 6.53. The maximum Gasteiger partial charge on any atom is 0.233 e. The Labute approximate surface area is 81.3 Å². The van der Waals surface area contributed by atoms with Crippen LogP contribution in [0.5, 0.6) is 0 Å². The van der Waals surface area contributed by atoms with Gasteiger partial charge >= 0.3 is 0 Å². The van der Waals surface area contributed by atoms with E-state index in [9.17, 15) is 4.79 Å². The molecular formula is C9H7Cl2O. The fourth-order valence-electron chi connectivity index (χ4n) is 0.954. The van der Waals surface area contributed by atoms with Crippen molar-refractivity contribution in [3.63, 3.8) is 0 Å². The molecule has 0 N–H and O–H groups in total. The molecule has 1 rings (SSSR count). The van der Waals surface area contributed by atoms with Gasteiger partial charge in [-0.3, -0.25) is 4.79 Å². The highest BCUT2D eigenvalue weighted by Gasteiger charge is 2.04. The van der Waals surface area contributed by atoms with Gasteiger partial charge in [0.15, 0.2) is 0 Å². The number of halogens is 2. The van der Waals surface area contributed by atoms with E-state index >= 15 is 0 Å². The first-order valence-corrected chi connectivity index (χ1v) is 4.33. The second-order valence-electron chi connectivity index (χ2n) is 2.49. The first kappa shape index (κ1) is 9.56. The zero-order chi connectivity index (χ0) is 9.14. The summed E-state index contributed by atoms with van der Waals surface area (Å²) in [5, 5.41) is 0.522. The van der Waals surface area contributed by atoms with E-state index in [1.807, 2.05) is 13.2 Å². The standard InChI is InChI=1S/C9H7Cl2O/c1-6-2-7(4-10)9(11)3-8(6)5-12/h2-3H,4H2,1H3. The van der Waals surface area contributed by atoms with E-state index in [1.54, 1.807) is 12.1 Å². The molecule has 0 aliphatic carbocycles. The number of hydrogen-bond acceptors (Lipinski definition) is 1. The normalized spacial score (nSPS) is 9.92. The van der Waals surface area contributed by atoms with Crippen LogP contribution in [0.4, 0.5) is 0 Å². The fourth-order valence-corrected chi connectivity index (χ4v) is 1.47. The molecule has 0 atom stereocenters. The molecule has 1 radical (unpaired) electrons. The van der Waals surface area contributed by atoms with E-state index in [1.165, 1.54) is 0 Å². The van der Waals surface area contributed by atoms with E-state index in [-0.39, 0.29) is 0 Å². The highest BCUT2D eigenvalue weighted by molar-refractivity contribution is 6.32. The molecular weight excluding hydrogens is 195 g/mol. The third kappa shape index (κ3) is 1.79. The van der Waals surface area contributed by atoms with Gasteiger partial charge in [0.1, 0.15) is 0 Å². The predicted molar refractivity (Wildman–Crippen MR) is 50.5 cm³/mol. The Hall–Kier alpha value is -0.530. The molecule has 0 aliphatic heterocycles. The van der Waals surface area contributed by atoms with E-state index < -0.39 is 0 Å². The molecule has 0 saturated carbocycles. The summed E-state index contributed by atoms with van der Waals surface area (Å²) in [6, 6.07) is 3.39. The van der Waals surface area contributed by atoms with E-state index in [4.69, 9.17) is 23.2 Å². The van der Waals surface area contributed by atoms with E-state index in [0.29, 0.717) is 16.5 Å². The van der Waals surface area contributed by atoms with Crippen LogP contribution in [0.2, 0.25) is 5.02 Å². The maximum atomic E-state index is 10.4. The Balaban J connectivity index is 3.25. The second kappa shape index (κ2) is 3.92. The first-order valence-electron chi connectivity index (χ1n) is 3.42. The average Bonchev–Trinajstić information content (AvgIpc) is 2.08. The molecule has 63 valence electrons. The van der Waals surface area contributed by atoms with Crippen molar-refractivity contribution in [2.75, 3.05) is 0 Å². The molecule has 0 aromatic heterocycles. The molecule has 1 aromatic rings. The quantitative estimate of drug-likeness (QED) is 0.674. The number of benzene rings is 1. The minimum absolute atomic E-state index is 0.360. The first-order chi connectivity index (χ1) is 5.69. The summed E-state index contributed by atoms with van der Waals surface area (Å²) in [5.41, 5.74) is 2.19. The maximum absolute atomic E-state index is 10.4. The van der Waals surface area contributed by atoms with Crippen LogP contribution < -0.4 is 0 Å². The lowest BCUT2D eigenvalue weighted by molar-refractivity contribution is 0.562. The molecule has 1 nitrogen and oxygen atoms in total. The van der Waals surface area contributed by atoms with Crippen molar-refractivity contribution in [1.82, 2.24) is 0 Å². The van der Waals surface area contributed by atoms with Crippen molar-refractivity contribution in [3.05, 3.63) is 33.8 Å². The van der Waals surface area contributed by atoms with Gasteiger partial charge in [-0.2, -0.15) is 0 Å². The Morgan fingerprint density at radius 2 is 2.17 bits per heavy atom. The molecule has 1 aromatic carbocycles. The third-order valence-corrected chi connectivity index (χ3v) is 2.29. The van der Waals surface area contributed by atoms with Crippen molar-refractivity contribution in [1.29, 1.82) is 0 Å². The van der Waals surface area contributed by atoms with Gasteiger partial charge in [0.2, 0.25) is 6.29 Å². The SMILES string of the molecule is Cc1cc(CCl)c(Cl)cc1[C]=O. The number of hydrogen-bond donors (Lipinski definition) is 0. The lowest BCUT2D eigenvalue weighted by Gasteiger charge is -2.03. The topological polar surface area (TPSA) is 17.1 Å². The summed E-state index contributed by atoms with van der Waals surface area (Å²) >= 11 is 11.4. The molecule has 0 fully saturated rings. The summed E-state index contributed by atoms with van der Waals surface area (Å²) in [6.07, 6.45) is 1.81. The number of aryl methyl sites for hydroxylation is 1. The zero-order valence-corrected chi connectivity index (χ0v) is 8.04. The van der Waals surface area contributed by atoms with Crippen LogP contribution in [-0.2, 0) is 10.7 Å². The molecule has 0 saturated heterocycles. The van der Waals surface area contributed by atoms with Crippen molar-refractivity contribution >= 4 is 29.5 Å². The van der Waals surface area contributed by atoms with E-state index in [0.717, 1.165) is 11.1 Å². The van der Waals surface area contributed by atoms with Crippen molar-refractivity contribution in [3.8, 4) is 0 Å². The number of rotatable bonds is 2. The minimum Gasteiger partial charge on any atom is -0.285 e. The van der Waals surface area contributed by atoms with Crippen LogP contribution in [0.15, 0.2) is 12.1 Å². The monoisotopic (exact) mass is 201 g/mol.